The van der Waals surface area contributed by atoms with Gasteiger partial charge in [0.2, 0.25) is 18.0 Å². The van der Waals surface area contributed by atoms with Crippen LogP contribution in [0, 0.1) is 23.7 Å². The first-order valence-electron chi connectivity index (χ1n) is 22.9. The lowest BCUT2D eigenvalue weighted by molar-refractivity contribution is -0.137. The van der Waals surface area contributed by atoms with Gasteiger partial charge >= 0.3 is 12.2 Å². The molecule has 4 fully saturated rings. The second-order valence-corrected chi connectivity index (χ2v) is 20.9. The van der Waals surface area contributed by atoms with Crippen molar-refractivity contribution in [1.82, 2.24) is 44.9 Å². The number of aromatic amines is 2. The van der Waals surface area contributed by atoms with Crippen molar-refractivity contribution in [3.8, 4) is 39.5 Å². The predicted molar refractivity (Wildman–Crippen MR) is 251 cm³/mol. The number of alkyl carbamates (subject to hydrolysis) is 2. The number of halogens is 1. The number of H-pyrrole nitrogens is 2. The van der Waals surface area contributed by atoms with E-state index in [-0.39, 0.29) is 47.8 Å². The molecule has 4 amide bonds. The first-order chi connectivity index (χ1) is 32.3. The zero-order valence-corrected chi connectivity index (χ0v) is 39.5. The number of likely N-dealkylation sites (tertiary alicyclic amines) is 2. The van der Waals surface area contributed by atoms with Crippen molar-refractivity contribution < 1.29 is 33.4 Å². The Labute approximate surface area is 395 Å². The lowest BCUT2D eigenvalue weighted by atomic mass is 10.0. The van der Waals surface area contributed by atoms with E-state index in [1.165, 1.54) is 25.6 Å². The van der Waals surface area contributed by atoms with Crippen molar-refractivity contribution in [2.45, 2.75) is 95.9 Å². The van der Waals surface area contributed by atoms with Crippen LogP contribution in [0.3, 0.4) is 0 Å². The Morgan fingerprint density at radius 3 is 1.82 bits per heavy atom. The van der Waals surface area contributed by atoms with Crippen LogP contribution >= 0.6 is 22.9 Å². The molecule has 9 atom stereocenters. The molecule has 5 aliphatic rings. The number of fused-ring (bicyclic) bond motifs is 7. The molecule has 348 valence electrons. The molecule has 11 rings (SSSR count). The number of imidazole rings is 2. The molecular weight excluding hydrogens is 894 g/mol. The summed E-state index contributed by atoms with van der Waals surface area (Å²) in [5.74, 6) is 2.46. The topological polar surface area (TPSA) is 189 Å². The predicted octanol–water partition coefficient (Wildman–Crippen LogP) is 8.83. The number of methoxy groups -OCH3 is 2. The zero-order chi connectivity index (χ0) is 46.6. The summed E-state index contributed by atoms with van der Waals surface area (Å²) in [7, 11) is 2.60. The van der Waals surface area contributed by atoms with Crippen LogP contribution in [0.2, 0.25) is 4.34 Å². The molecule has 2 aliphatic carbocycles. The maximum atomic E-state index is 14.0. The molecule has 3 aliphatic heterocycles. The van der Waals surface area contributed by atoms with Gasteiger partial charge in [0.25, 0.3) is 0 Å². The molecule has 18 heteroatoms. The van der Waals surface area contributed by atoms with Gasteiger partial charge in [0, 0.05) is 34.2 Å². The van der Waals surface area contributed by atoms with Crippen molar-refractivity contribution in [2.75, 3.05) is 14.2 Å². The minimum atomic E-state index is -0.715. The number of nitrogens with zero attached hydrogens (tertiary/aromatic N) is 5. The molecule has 2 saturated carbocycles. The molecule has 2 unspecified atom stereocenters. The maximum Gasteiger partial charge on any atom is 0.407 e. The number of hydrogen-bond acceptors (Lipinski definition) is 10. The van der Waals surface area contributed by atoms with E-state index < -0.39 is 30.5 Å². The molecule has 2 aromatic carbocycles. The Hall–Kier alpha value is -6.33. The van der Waals surface area contributed by atoms with Crippen LogP contribution in [0.1, 0.15) is 88.2 Å². The van der Waals surface area contributed by atoms with Crippen LogP contribution in [0.5, 0.6) is 5.75 Å². The third-order valence-corrected chi connectivity index (χ3v) is 15.6. The molecule has 0 spiro atoms. The molecule has 4 N–H and O–H groups in total. The van der Waals surface area contributed by atoms with Crippen LogP contribution in [-0.2, 0) is 19.1 Å². The van der Waals surface area contributed by atoms with Gasteiger partial charge in [-0.15, -0.1) is 11.3 Å². The fraction of sp³-hybridized carbons (Fsp3) is 0.429. The molecule has 2 saturated heterocycles. The standard InChI is InChI=1S/C49H52ClN9O7S/c1-22(2)41(55-48(62)64-5)45(60)57-33-14-27(33)17-36(57)43-51-20-30(53-43)24-8-10-32-26(13-24)16-35-29-9-7-25(19-38(29)66-47(59(32)35)39-11-12-40(50)67-39)31-21-52-44(54-31)37-18-28-15-34(28)58(37)46(61)42(23(3)4)56-49(63)65-6/h7-13,16,19-23,27-28,33-34,36-37,41-42,47H,14-15,17-18H2,1-6H3,(H,51,53)(H,52,54)(H,55,62)(H,56,63)/t27-,28-,33?,34-,36+,37+,41+,42+,47?/m1/s1. The highest BCUT2D eigenvalue weighted by Crippen LogP contribution is 2.55. The maximum absolute atomic E-state index is 14.0. The lowest BCUT2D eigenvalue weighted by Crippen LogP contribution is -2.52. The van der Waals surface area contributed by atoms with Gasteiger partial charge in [0.15, 0.2) is 0 Å². The van der Waals surface area contributed by atoms with Gasteiger partial charge in [0.05, 0.1) is 70.5 Å². The molecule has 4 aromatic heterocycles. The number of aromatic nitrogens is 5. The Morgan fingerprint density at radius 1 is 0.746 bits per heavy atom. The van der Waals surface area contributed by atoms with Crippen molar-refractivity contribution in [3.05, 3.63) is 87.9 Å². The summed E-state index contributed by atoms with van der Waals surface area (Å²) in [5, 5.41) is 6.52. The number of hydrogen-bond donors (Lipinski definition) is 4. The average Bonchev–Trinajstić information content (AvgIpc) is 3.77. The van der Waals surface area contributed by atoms with Crippen LogP contribution in [0.15, 0.2) is 67.0 Å². The number of piperidine rings is 2. The molecule has 7 heterocycles. The first kappa shape index (κ1) is 43.3. The third kappa shape index (κ3) is 7.50. The first-order valence-corrected chi connectivity index (χ1v) is 24.1. The van der Waals surface area contributed by atoms with Gasteiger partial charge in [-0.05, 0) is 91.8 Å². The van der Waals surface area contributed by atoms with E-state index in [4.69, 9.17) is 35.8 Å². The van der Waals surface area contributed by atoms with E-state index in [1.807, 2.05) is 68.1 Å². The van der Waals surface area contributed by atoms with Crippen LogP contribution < -0.4 is 15.4 Å². The molecule has 16 nitrogen and oxygen atoms in total. The second kappa shape index (κ2) is 16.5. The third-order valence-electron chi connectivity index (χ3n) is 14.4. The fourth-order valence-corrected chi connectivity index (χ4v) is 11.8. The van der Waals surface area contributed by atoms with Gasteiger partial charge in [-0.3, -0.25) is 14.2 Å². The minimum Gasteiger partial charge on any atom is -0.464 e. The Bertz CT molecular complexity index is 2960. The number of rotatable bonds is 11. The number of carbonyl (C=O) groups is 4. The molecular formula is C49H52ClN9O7S. The summed E-state index contributed by atoms with van der Waals surface area (Å²) < 4.78 is 19.5. The van der Waals surface area contributed by atoms with E-state index in [0.29, 0.717) is 27.7 Å². The normalized spacial score (nSPS) is 24.1. The summed E-state index contributed by atoms with van der Waals surface area (Å²) in [5.41, 5.74) is 6.38. The number of carbonyl (C=O) groups excluding carboxylic acids is 4. The van der Waals surface area contributed by atoms with E-state index >= 15 is 0 Å². The van der Waals surface area contributed by atoms with Crippen LogP contribution in [0.4, 0.5) is 9.59 Å². The van der Waals surface area contributed by atoms with Crippen LogP contribution in [-0.4, -0.2) is 96.7 Å². The van der Waals surface area contributed by atoms with Gasteiger partial charge in [-0.25, -0.2) is 19.6 Å². The van der Waals surface area contributed by atoms with Crippen LogP contribution in [0.25, 0.3) is 44.7 Å². The highest BCUT2D eigenvalue weighted by Gasteiger charge is 2.57. The number of ether oxygens (including phenoxy) is 3. The molecule has 6 aromatic rings. The van der Waals surface area contributed by atoms with E-state index in [9.17, 15) is 19.2 Å². The Kier molecular flexibility index (Phi) is 10.6. The van der Waals surface area contributed by atoms with E-state index in [1.54, 1.807) is 0 Å². The van der Waals surface area contributed by atoms with Gasteiger partial charge in [-0.2, -0.15) is 0 Å². The quantitative estimate of drug-likeness (QED) is 0.0984. The number of thiophene rings is 1. The van der Waals surface area contributed by atoms with Crippen molar-refractivity contribution in [2.24, 2.45) is 23.7 Å². The summed E-state index contributed by atoms with van der Waals surface area (Å²) in [4.78, 5) is 74.0. The largest absolute Gasteiger partial charge is 0.464 e. The lowest BCUT2D eigenvalue weighted by Gasteiger charge is -2.32. The van der Waals surface area contributed by atoms with E-state index in [0.717, 1.165) is 81.1 Å². The minimum absolute atomic E-state index is 0.118. The summed E-state index contributed by atoms with van der Waals surface area (Å²) >= 11 is 8.01. The van der Waals surface area contributed by atoms with Crippen molar-refractivity contribution >= 4 is 57.8 Å². The van der Waals surface area contributed by atoms with Gasteiger partial charge in [0.1, 0.15) is 29.5 Å². The second-order valence-electron chi connectivity index (χ2n) is 19.2. The molecule has 0 radical (unpaired) electrons. The highest BCUT2D eigenvalue weighted by molar-refractivity contribution is 7.16. The number of benzene rings is 2. The summed E-state index contributed by atoms with van der Waals surface area (Å²) in [6, 6.07) is 16.9. The summed E-state index contributed by atoms with van der Waals surface area (Å²) in [6.07, 6.45) is 5.41. The van der Waals surface area contributed by atoms with Crippen molar-refractivity contribution in [1.29, 1.82) is 0 Å². The number of nitrogens with one attached hydrogen (secondary N) is 4. The zero-order valence-electron chi connectivity index (χ0n) is 37.9. The fourth-order valence-electron chi connectivity index (χ4n) is 10.7. The van der Waals surface area contributed by atoms with Gasteiger partial charge in [-0.1, -0.05) is 51.4 Å². The van der Waals surface area contributed by atoms with E-state index in [2.05, 4.69) is 61.6 Å². The number of amides is 4. The smallest absolute Gasteiger partial charge is 0.407 e. The Morgan fingerprint density at radius 2 is 1.30 bits per heavy atom. The SMILES string of the molecule is COC(=O)N[C@H](C(=O)N1C2C[C@@H]2C[C@H]1c1ncc(-c2ccc3c(c2)cc2n3C(c3ccc(Cl)s3)Oc3cc(-c4cnc([C@@H]5C[C@H]6C[C@H]6N5C(=O)[C@@H](NC(=O)OC)C(C)C)[nH]4)ccc3-2)[nH]1)C(C)C. The summed E-state index contributed by atoms with van der Waals surface area (Å²) in [6.45, 7) is 7.67. The van der Waals surface area contributed by atoms with Gasteiger partial charge < -0.3 is 44.6 Å². The average molecular weight is 947 g/mol. The monoisotopic (exact) mass is 945 g/mol. The Balaban J connectivity index is 0.885. The highest BCUT2D eigenvalue weighted by atomic mass is 35.5. The molecule has 67 heavy (non-hydrogen) atoms. The van der Waals surface area contributed by atoms with Crippen molar-refractivity contribution in [3.63, 3.8) is 0 Å². The molecule has 0 bridgehead atoms.